The van der Waals surface area contributed by atoms with E-state index in [1.54, 1.807) is 12.1 Å². The first-order valence-corrected chi connectivity index (χ1v) is 4.34. The average molecular weight is 210 g/mol. The number of hydrogen-bond acceptors (Lipinski definition) is 3. The van der Waals surface area contributed by atoms with Crippen LogP contribution in [0.4, 0.5) is 5.69 Å². The number of nitrogens with zero attached hydrogens (tertiary/aromatic N) is 1. The second-order valence-electron chi connectivity index (χ2n) is 2.86. The van der Waals surface area contributed by atoms with Crippen molar-refractivity contribution < 1.29 is 5.11 Å². The summed E-state index contributed by atoms with van der Waals surface area (Å²) in [6, 6.07) is 4.82. The quantitative estimate of drug-likeness (QED) is 0.673. The highest BCUT2D eigenvalue weighted by atomic mass is 35.5. The summed E-state index contributed by atoms with van der Waals surface area (Å²) in [5.74, 6) is 0.0773. The molecule has 0 amide bonds. The van der Waals surface area contributed by atoms with Gasteiger partial charge in [-0.2, -0.15) is 5.10 Å². The lowest BCUT2D eigenvalue weighted by molar-refractivity contribution is 0.477. The monoisotopic (exact) mass is 209 g/mol. The summed E-state index contributed by atoms with van der Waals surface area (Å²) < 4.78 is 0. The molecule has 0 bridgehead atoms. The number of benzene rings is 1. The molecule has 0 aliphatic heterocycles. The lowest BCUT2D eigenvalue weighted by Crippen LogP contribution is -1.87. The number of halogens is 1. The van der Waals surface area contributed by atoms with Crippen LogP contribution in [0.2, 0.25) is 5.02 Å². The molecule has 4 nitrogen and oxygen atoms in total. The van der Waals surface area contributed by atoms with Crippen molar-refractivity contribution >= 4 is 17.3 Å². The van der Waals surface area contributed by atoms with Crippen molar-refractivity contribution in [3.8, 4) is 17.0 Å². The van der Waals surface area contributed by atoms with Gasteiger partial charge < -0.3 is 10.8 Å². The van der Waals surface area contributed by atoms with E-state index in [4.69, 9.17) is 17.3 Å². The number of nitrogen functional groups attached to an aromatic ring is 1. The fourth-order valence-corrected chi connectivity index (χ4v) is 1.39. The van der Waals surface area contributed by atoms with Gasteiger partial charge in [0.05, 0.1) is 17.6 Å². The highest BCUT2D eigenvalue weighted by Gasteiger charge is 2.09. The van der Waals surface area contributed by atoms with Crippen LogP contribution in [-0.4, -0.2) is 15.3 Å². The Bertz CT molecular complexity index is 467. The minimum atomic E-state index is 0.0773. The third kappa shape index (κ3) is 1.40. The molecule has 2 aromatic rings. The first-order chi connectivity index (χ1) is 6.68. The lowest BCUT2D eigenvalue weighted by Gasteiger charge is -2.02. The maximum absolute atomic E-state index is 9.60. The van der Waals surface area contributed by atoms with Gasteiger partial charge in [-0.15, -0.1) is 0 Å². The minimum Gasteiger partial charge on any atom is -0.507 e. The first-order valence-electron chi connectivity index (χ1n) is 3.96. The standard InChI is InChI=1S/C9H8ClN3O/c10-5-1-2-6(8(14)3-5)9-7(11)4-12-13-9/h1-4,14H,11H2,(H,12,13). The molecule has 0 fully saturated rings. The van der Waals surface area contributed by atoms with E-state index in [9.17, 15) is 5.11 Å². The molecule has 0 saturated heterocycles. The van der Waals surface area contributed by atoms with E-state index >= 15 is 0 Å². The van der Waals surface area contributed by atoms with Gasteiger partial charge in [-0.3, -0.25) is 5.10 Å². The molecule has 14 heavy (non-hydrogen) atoms. The third-order valence-electron chi connectivity index (χ3n) is 1.90. The molecule has 2 rings (SSSR count). The van der Waals surface area contributed by atoms with Gasteiger partial charge in [0.25, 0.3) is 0 Å². The zero-order chi connectivity index (χ0) is 10.1. The number of nitrogens with one attached hydrogen (secondary N) is 1. The van der Waals surface area contributed by atoms with Crippen LogP contribution >= 0.6 is 11.6 Å². The number of aromatic nitrogens is 2. The SMILES string of the molecule is Nc1cn[nH]c1-c1ccc(Cl)cc1O. The van der Waals surface area contributed by atoms with Crippen molar-refractivity contribution in [2.24, 2.45) is 0 Å². The number of H-pyrrole nitrogens is 1. The molecule has 0 saturated carbocycles. The van der Waals surface area contributed by atoms with Gasteiger partial charge in [0.15, 0.2) is 0 Å². The van der Waals surface area contributed by atoms with Gasteiger partial charge in [-0.1, -0.05) is 11.6 Å². The van der Waals surface area contributed by atoms with Gasteiger partial charge in [-0.05, 0) is 18.2 Å². The molecule has 72 valence electrons. The van der Waals surface area contributed by atoms with E-state index in [1.807, 2.05) is 0 Å². The molecule has 4 N–H and O–H groups in total. The Morgan fingerprint density at radius 3 is 2.79 bits per heavy atom. The molecule has 1 aromatic heterocycles. The topological polar surface area (TPSA) is 74.9 Å². The van der Waals surface area contributed by atoms with E-state index in [0.717, 1.165) is 0 Å². The van der Waals surface area contributed by atoms with Gasteiger partial charge >= 0.3 is 0 Å². The Morgan fingerprint density at radius 1 is 1.43 bits per heavy atom. The van der Waals surface area contributed by atoms with Crippen LogP contribution in [0.5, 0.6) is 5.75 Å². The van der Waals surface area contributed by atoms with Crippen molar-refractivity contribution in [3.63, 3.8) is 0 Å². The summed E-state index contributed by atoms with van der Waals surface area (Å²) in [6.07, 6.45) is 1.49. The lowest BCUT2D eigenvalue weighted by atomic mass is 10.1. The molecule has 0 aliphatic carbocycles. The molecule has 0 atom stereocenters. The number of aromatic amines is 1. The molecule has 0 radical (unpaired) electrons. The van der Waals surface area contributed by atoms with Gasteiger partial charge in [0.1, 0.15) is 5.75 Å². The molecule has 0 aliphatic rings. The molecule has 0 unspecified atom stereocenters. The molecule has 5 heteroatoms. The third-order valence-corrected chi connectivity index (χ3v) is 2.13. The molecule has 1 heterocycles. The highest BCUT2D eigenvalue weighted by Crippen LogP contribution is 2.32. The number of rotatable bonds is 1. The second kappa shape index (κ2) is 3.23. The zero-order valence-corrected chi connectivity index (χ0v) is 7.92. The summed E-state index contributed by atoms with van der Waals surface area (Å²) in [7, 11) is 0. The highest BCUT2D eigenvalue weighted by molar-refractivity contribution is 6.30. The number of anilines is 1. The number of nitrogens with two attached hydrogens (primary N) is 1. The van der Waals surface area contributed by atoms with Crippen LogP contribution in [0.3, 0.4) is 0 Å². The number of hydrogen-bond donors (Lipinski definition) is 3. The van der Waals surface area contributed by atoms with Gasteiger partial charge in [0.2, 0.25) is 0 Å². The Morgan fingerprint density at radius 2 is 2.21 bits per heavy atom. The summed E-state index contributed by atoms with van der Waals surface area (Å²) in [5.41, 5.74) is 7.31. The Labute approximate surface area is 85.3 Å². The number of aromatic hydroxyl groups is 1. The maximum Gasteiger partial charge on any atom is 0.126 e. The van der Waals surface area contributed by atoms with Gasteiger partial charge in [0, 0.05) is 10.6 Å². The summed E-state index contributed by atoms with van der Waals surface area (Å²) in [5, 5.41) is 16.5. The summed E-state index contributed by atoms with van der Waals surface area (Å²) in [6.45, 7) is 0. The van der Waals surface area contributed by atoms with Crippen LogP contribution in [-0.2, 0) is 0 Å². The van der Waals surface area contributed by atoms with E-state index in [-0.39, 0.29) is 5.75 Å². The van der Waals surface area contributed by atoms with E-state index < -0.39 is 0 Å². The fraction of sp³-hybridized carbons (Fsp3) is 0. The van der Waals surface area contributed by atoms with Gasteiger partial charge in [-0.25, -0.2) is 0 Å². The van der Waals surface area contributed by atoms with Crippen LogP contribution in [0, 0.1) is 0 Å². The number of phenolic OH excluding ortho intramolecular Hbond substituents is 1. The Kier molecular flexibility index (Phi) is 2.05. The van der Waals surface area contributed by atoms with E-state index in [0.29, 0.717) is 22.0 Å². The van der Waals surface area contributed by atoms with Crippen molar-refractivity contribution in [2.45, 2.75) is 0 Å². The van der Waals surface area contributed by atoms with Crippen LogP contribution in [0.1, 0.15) is 0 Å². The van der Waals surface area contributed by atoms with E-state index in [1.165, 1.54) is 12.3 Å². The smallest absolute Gasteiger partial charge is 0.126 e. The molecule has 1 aromatic carbocycles. The fourth-order valence-electron chi connectivity index (χ4n) is 1.23. The summed E-state index contributed by atoms with van der Waals surface area (Å²) >= 11 is 5.70. The minimum absolute atomic E-state index is 0.0773. The molecular weight excluding hydrogens is 202 g/mol. The van der Waals surface area contributed by atoms with Crippen molar-refractivity contribution in [2.75, 3.05) is 5.73 Å². The Hall–Kier alpha value is -1.68. The largest absolute Gasteiger partial charge is 0.507 e. The van der Waals surface area contributed by atoms with Crippen molar-refractivity contribution in [3.05, 3.63) is 29.4 Å². The zero-order valence-electron chi connectivity index (χ0n) is 7.16. The normalized spacial score (nSPS) is 10.4. The molecule has 0 spiro atoms. The second-order valence-corrected chi connectivity index (χ2v) is 3.30. The van der Waals surface area contributed by atoms with Crippen LogP contribution in [0.15, 0.2) is 24.4 Å². The van der Waals surface area contributed by atoms with Crippen LogP contribution in [0.25, 0.3) is 11.3 Å². The predicted molar refractivity (Wildman–Crippen MR) is 55.1 cm³/mol. The van der Waals surface area contributed by atoms with Crippen LogP contribution < -0.4 is 5.73 Å². The average Bonchev–Trinajstić information content (AvgIpc) is 2.52. The van der Waals surface area contributed by atoms with Crippen molar-refractivity contribution in [1.29, 1.82) is 0 Å². The predicted octanol–water partition coefficient (Wildman–Crippen LogP) is 2.02. The molecular formula is C9H8ClN3O. The maximum atomic E-state index is 9.60. The van der Waals surface area contributed by atoms with E-state index in [2.05, 4.69) is 10.2 Å². The Balaban J connectivity index is 2.58. The number of phenols is 1. The first kappa shape index (κ1) is 8.90. The summed E-state index contributed by atoms with van der Waals surface area (Å²) in [4.78, 5) is 0. The van der Waals surface area contributed by atoms with Crippen molar-refractivity contribution in [1.82, 2.24) is 10.2 Å².